The number of thiophene rings is 1. The number of benzene rings is 2. The van der Waals surface area contributed by atoms with Crippen LogP contribution in [0.25, 0.3) is 11.1 Å². The third-order valence-corrected chi connectivity index (χ3v) is 6.24. The molecule has 2 heterocycles. The first-order chi connectivity index (χ1) is 16.2. The Morgan fingerprint density at radius 3 is 2.42 bits per heavy atom. The van der Waals surface area contributed by atoms with Gasteiger partial charge in [-0.3, -0.25) is 4.79 Å². The van der Waals surface area contributed by atoms with Gasteiger partial charge < -0.3 is 24.4 Å². The van der Waals surface area contributed by atoms with Crippen molar-refractivity contribution in [2.45, 2.75) is 0 Å². The van der Waals surface area contributed by atoms with Gasteiger partial charge in [-0.15, -0.1) is 11.3 Å². The molecule has 0 unspecified atom stereocenters. The zero-order chi connectivity index (χ0) is 22.9. The molecule has 2 aromatic carbocycles. The van der Waals surface area contributed by atoms with Crippen LogP contribution in [0, 0.1) is 0 Å². The fourth-order valence-electron chi connectivity index (χ4n) is 3.44. The summed E-state index contributed by atoms with van der Waals surface area (Å²) in [4.78, 5) is 27.4. The fourth-order valence-corrected chi connectivity index (χ4v) is 4.56. The van der Waals surface area contributed by atoms with Gasteiger partial charge in [-0.2, -0.15) is 0 Å². The normalized spacial score (nSPS) is 13.4. The van der Waals surface area contributed by atoms with Crippen LogP contribution in [-0.2, 0) is 14.3 Å². The highest BCUT2D eigenvalue weighted by Gasteiger charge is 2.23. The lowest BCUT2D eigenvalue weighted by atomic mass is 10.1. The Bertz CT molecular complexity index is 1050. The number of carbonyl (C=O) groups is 2. The van der Waals surface area contributed by atoms with E-state index in [-0.39, 0.29) is 12.5 Å². The minimum Gasteiger partial charge on any atom is -0.492 e. The van der Waals surface area contributed by atoms with Crippen molar-refractivity contribution in [1.29, 1.82) is 0 Å². The van der Waals surface area contributed by atoms with Crippen LogP contribution in [0.1, 0.15) is 9.67 Å². The molecule has 0 aliphatic carbocycles. The number of para-hydroxylation sites is 1. The predicted octanol–water partition coefficient (Wildman–Crippen LogP) is 3.60. The number of amides is 1. The molecule has 0 atom stereocenters. The molecule has 172 valence electrons. The van der Waals surface area contributed by atoms with Gasteiger partial charge in [0.05, 0.1) is 24.8 Å². The van der Waals surface area contributed by atoms with Crippen LogP contribution in [0.5, 0.6) is 5.75 Å². The number of nitrogens with zero attached hydrogens (tertiary/aromatic N) is 1. The van der Waals surface area contributed by atoms with Gasteiger partial charge in [-0.25, -0.2) is 4.79 Å². The Hall–Kier alpha value is -3.36. The Morgan fingerprint density at radius 1 is 1.00 bits per heavy atom. The van der Waals surface area contributed by atoms with E-state index in [0.29, 0.717) is 31.2 Å². The van der Waals surface area contributed by atoms with Crippen LogP contribution in [0.3, 0.4) is 0 Å². The summed E-state index contributed by atoms with van der Waals surface area (Å²) in [6, 6.07) is 21.2. The molecule has 1 aromatic heterocycles. The molecule has 0 bridgehead atoms. The van der Waals surface area contributed by atoms with Crippen molar-refractivity contribution < 1.29 is 23.8 Å². The summed E-state index contributed by atoms with van der Waals surface area (Å²) in [5.41, 5.74) is 2.02. The minimum absolute atomic E-state index is 0.323. The van der Waals surface area contributed by atoms with Gasteiger partial charge in [0.15, 0.2) is 6.61 Å². The van der Waals surface area contributed by atoms with Gasteiger partial charge in [0.2, 0.25) is 0 Å². The lowest BCUT2D eigenvalue weighted by molar-refractivity contribution is -0.124. The number of nitrogens with one attached hydrogen (secondary N) is 1. The summed E-state index contributed by atoms with van der Waals surface area (Å²) >= 11 is 1.38. The van der Waals surface area contributed by atoms with Gasteiger partial charge in [-0.05, 0) is 23.8 Å². The maximum Gasteiger partial charge on any atom is 0.348 e. The van der Waals surface area contributed by atoms with Gasteiger partial charge in [0, 0.05) is 18.7 Å². The highest BCUT2D eigenvalue weighted by atomic mass is 32.1. The number of rotatable bonds is 9. The first kappa shape index (κ1) is 22.8. The minimum atomic E-state index is -0.507. The number of hydrogen-bond acceptors (Lipinski definition) is 7. The monoisotopic (exact) mass is 466 g/mol. The standard InChI is InChI=1S/C25H26N2O5S/c28-23(26-11-14-31-20-9-5-2-6-10-20)18-32-25(29)22-17-21(19-7-3-1-4-8-19)24(33-22)27-12-15-30-16-13-27/h1-10,17H,11-16,18H2,(H,26,28). The summed E-state index contributed by atoms with van der Waals surface area (Å²) in [5.74, 6) is -0.137. The van der Waals surface area contributed by atoms with E-state index in [1.165, 1.54) is 11.3 Å². The second-order valence-electron chi connectivity index (χ2n) is 7.38. The molecule has 0 spiro atoms. The molecular weight excluding hydrogens is 440 g/mol. The highest BCUT2D eigenvalue weighted by Crippen LogP contribution is 2.39. The molecule has 4 rings (SSSR count). The van der Waals surface area contributed by atoms with Crippen molar-refractivity contribution in [3.05, 3.63) is 71.6 Å². The lowest BCUT2D eigenvalue weighted by Gasteiger charge is -2.28. The Kier molecular flexibility index (Phi) is 7.94. The molecule has 1 amide bonds. The maximum absolute atomic E-state index is 12.7. The van der Waals surface area contributed by atoms with E-state index in [4.69, 9.17) is 14.2 Å². The first-order valence-corrected chi connectivity index (χ1v) is 11.7. The second-order valence-corrected chi connectivity index (χ2v) is 8.41. The molecule has 1 N–H and O–H groups in total. The van der Waals surface area contributed by atoms with Gasteiger partial charge in [0.1, 0.15) is 17.2 Å². The lowest BCUT2D eigenvalue weighted by Crippen LogP contribution is -2.35. The molecule has 1 aliphatic heterocycles. The number of esters is 1. The smallest absolute Gasteiger partial charge is 0.348 e. The fraction of sp³-hybridized carbons (Fsp3) is 0.280. The number of morpholine rings is 1. The number of carbonyl (C=O) groups excluding carboxylic acids is 2. The second kappa shape index (κ2) is 11.5. The molecule has 1 aliphatic rings. The van der Waals surface area contributed by atoms with Crippen LogP contribution >= 0.6 is 11.3 Å². The molecule has 33 heavy (non-hydrogen) atoms. The average molecular weight is 467 g/mol. The summed E-state index contributed by atoms with van der Waals surface area (Å²) in [6.45, 7) is 3.15. The SMILES string of the molecule is O=C(COC(=O)c1cc(-c2ccccc2)c(N2CCOCC2)s1)NCCOc1ccccc1. The van der Waals surface area contributed by atoms with E-state index in [9.17, 15) is 9.59 Å². The van der Waals surface area contributed by atoms with Crippen LogP contribution in [0.2, 0.25) is 0 Å². The van der Waals surface area contributed by atoms with Crippen LogP contribution in [0.15, 0.2) is 66.7 Å². The Morgan fingerprint density at radius 2 is 1.70 bits per heavy atom. The van der Waals surface area contributed by atoms with Gasteiger partial charge in [0.25, 0.3) is 5.91 Å². The van der Waals surface area contributed by atoms with Crippen LogP contribution in [0.4, 0.5) is 5.00 Å². The molecule has 0 radical (unpaired) electrons. The van der Waals surface area contributed by atoms with Gasteiger partial charge >= 0.3 is 5.97 Å². The number of anilines is 1. The summed E-state index contributed by atoms with van der Waals surface area (Å²) in [5, 5.41) is 3.71. The van der Waals surface area contributed by atoms with E-state index < -0.39 is 5.97 Å². The van der Waals surface area contributed by atoms with Crippen molar-refractivity contribution in [3.8, 4) is 16.9 Å². The Labute approximate surface area is 196 Å². The largest absolute Gasteiger partial charge is 0.492 e. The maximum atomic E-state index is 12.7. The summed E-state index contributed by atoms with van der Waals surface area (Å²) in [6.07, 6.45) is 0. The topological polar surface area (TPSA) is 77.1 Å². The zero-order valence-corrected chi connectivity index (χ0v) is 19.0. The summed E-state index contributed by atoms with van der Waals surface area (Å²) < 4.78 is 16.3. The highest BCUT2D eigenvalue weighted by molar-refractivity contribution is 7.18. The van der Waals surface area contributed by atoms with Crippen molar-refractivity contribution in [3.63, 3.8) is 0 Å². The van der Waals surface area contributed by atoms with E-state index in [0.717, 1.165) is 35.0 Å². The average Bonchev–Trinajstić information content (AvgIpc) is 3.33. The van der Waals surface area contributed by atoms with E-state index in [1.54, 1.807) is 0 Å². The van der Waals surface area contributed by atoms with E-state index in [1.807, 2.05) is 66.7 Å². The first-order valence-electron chi connectivity index (χ1n) is 10.8. The number of hydrogen-bond donors (Lipinski definition) is 1. The van der Waals surface area contributed by atoms with Crippen molar-refractivity contribution in [1.82, 2.24) is 5.32 Å². The molecule has 8 heteroatoms. The van der Waals surface area contributed by atoms with Gasteiger partial charge in [-0.1, -0.05) is 48.5 Å². The Balaban J connectivity index is 1.32. The molecule has 7 nitrogen and oxygen atoms in total. The molecule has 1 saturated heterocycles. The van der Waals surface area contributed by atoms with E-state index in [2.05, 4.69) is 10.2 Å². The molecular formula is C25H26N2O5S. The number of ether oxygens (including phenoxy) is 3. The zero-order valence-electron chi connectivity index (χ0n) is 18.2. The third-order valence-electron chi connectivity index (χ3n) is 5.07. The van der Waals surface area contributed by atoms with Crippen molar-refractivity contribution in [2.24, 2.45) is 0 Å². The van der Waals surface area contributed by atoms with Crippen molar-refractivity contribution in [2.75, 3.05) is 51.0 Å². The van der Waals surface area contributed by atoms with Crippen molar-refractivity contribution >= 4 is 28.2 Å². The van der Waals surface area contributed by atoms with Crippen LogP contribution < -0.4 is 15.0 Å². The summed E-state index contributed by atoms with van der Waals surface area (Å²) in [7, 11) is 0. The molecule has 0 saturated carbocycles. The quantitative estimate of drug-likeness (QED) is 0.384. The van der Waals surface area contributed by atoms with E-state index >= 15 is 0 Å². The molecule has 1 fully saturated rings. The van der Waals surface area contributed by atoms with Crippen LogP contribution in [-0.4, -0.2) is 57.9 Å². The molecule has 3 aromatic rings. The predicted molar refractivity (Wildman–Crippen MR) is 128 cm³/mol. The third kappa shape index (κ3) is 6.34.